The molecule has 1 aromatic carbocycles. The zero-order chi connectivity index (χ0) is 15.4. The van der Waals surface area contributed by atoms with E-state index in [1.165, 1.54) is 0 Å². The number of hydrogen-bond acceptors (Lipinski definition) is 2. The number of carbonyl (C=O) groups is 1. The van der Waals surface area contributed by atoms with E-state index < -0.39 is 53.5 Å². The zero-order valence-electron chi connectivity index (χ0n) is 10.9. The van der Waals surface area contributed by atoms with Gasteiger partial charge in [-0.3, -0.25) is 4.79 Å². The summed E-state index contributed by atoms with van der Waals surface area (Å²) in [5.41, 5.74) is -1.01. The quantitative estimate of drug-likeness (QED) is 0.360. The number of halogens is 5. The van der Waals surface area contributed by atoms with Crippen LogP contribution in [0.3, 0.4) is 0 Å². The highest BCUT2D eigenvalue weighted by Gasteiger charge is 2.25. The fourth-order valence-electron chi connectivity index (χ4n) is 1.43. The summed E-state index contributed by atoms with van der Waals surface area (Å²) < 4.78 is 69.9. The van der Waals surface area contributed by atoms with E-state index in [-0.39, 0.29) is 12.5 Å². The predicted molar refractivity (Wildman–Crippen MR) is 60.4 cm³/mol. The molecule has 7 heteroatoms. The van der Waals surface area contributed by atoms with Gasteiger partial charge in [-0.2, -0.15) is 0 Å². The van der Waals surface area contributed by atoms with Crippen molar-refractivity contribution in [3.63, 3.8) is 0 Å². The lowest BCUT2D eigenvalue weighted by Crippen LogP contribution is -2.13. The molecule has 0 saturated carbocycles. The summed E-state index contributed by atoms with van der Waals surface area (Å²) in [6.45, 7) is 3.70. The summed E-state index contributed by atoms with van der Waals surface area (Å²) in [5.74, 6) is -10.8. The molecule has 0 unspecified atom stereocenters. The first-order chi connectivity index (χ1) is 9.25. The van der Waals surface area contributed by atoms with Gasteiger partial charge < -0.3 is 4.74 Å². The Morgan fingerprint density at radius 2 is 1.40 bits per heavy atom. The van der Waals surface area contributed by atoms with Crippen molar-refractivity contribution in [1.82, 2.24) is 0 Å². The van der Waals surface area contributed by atoms with Gasteiger partial charge in [-0.1, -0.05) is 13.8 Å². The summed E-state index contributed by atoms with van der Waals surface area (Å²) in [6.07, 6.45) is -1.09. The van der Waals surface area contributed by atoms with Gasteiger partial charge in [0.05, 0.1) is 6.61 Å². The number of ether oxygens (including phenoxy) is 1. The minimum atomic E-state index is -2.22. The lowest BCUT2D eigenvalue weighted by atomic mass is 10.1. The Kier molecular flexibility index (Phi) is 5.47. The smallest absolute Gasteiger partial charge is 0.306 e. The van der Waals surface area contributed by atoms with Crippen molar-refractivity contribution in [1.29, 1.82) is 0 Å². The molecule has 2 nitrogen and oxygen atoms in total. The summed E-state index contributed by atoms with van der Waals surface area (Å²) >= 11 is 0. The lowest BCUT2D eigenvalue weighted by Gasteiger charge is -2.09. The van der Waals surface area contributed by atoms with Crippen LogP contribution in [0.25, 0.3) is 0 Å². The molecule has 0 N–H and O–H groups in total. The fourth-order valence-corrected chi connectivity index (χ4v) is 1.43. The van der Waals surface area contributed by atoms with Crippen LogP contribution >= 0.6 is 0 Å². The molecule has 0 aliphatic carbocycles. The van der Waals surface area contributed by atoms with Crippen molar-refractivity contribution in [2.75, 3.05) is 6.61 Å². The van der Waals surface area contributed by atoms with Gasteiger partial charge in [0.2, 0.25) is 5.82 Å². The summed E-state index contributed by atoms with van der Waals surface area (Å²) in [7, 11) is 0. The highest BCUT2D eigenvalue weighted by molar-refractivity contribution is 5.69. The fraction of sp³-hybridized carbons (Fsp3) is 0.462. The average molecular weight is 296 g/mol. The molecular weight excluding hydrogens is 283 g/mol. The number of benzene rings is 1. The number of rotatable bonds is 5. The summed E-state index contributed by atoms with van der Waals surface area (Å²) in [4.78, 5) is 11.3. The first-order valence-electron chi connectivity index (χ1n) is 5.91. The van der Waals surface area contributed by atoms with Gasteiger partial charge in [-0.25, -0.2) is 22.0 Å². The third kappa shape index (κ3) is 3.68. The topological polar surface area (TPSA) is 26.3 Å². The molecule has 0 heterocycles. The highest BCUT2D eigenvalue weighted by Crippen LogP contribution is 2.24. The van der Waals surface area contributed by atoms with E-state index in [1.54, 1.807) is 13.8 Å². The molecular formula is C13H13F5O2. The van der Waals surface area contributed by atoms with Crippen LogP contribution in [0.5, 0.6) is 0 Å². The van der Waals surface area contributed by atoms with Gasteiger partial charge in [0, 0.05) is 12.0 Å². The SMILES string of the molecule is CC(C)COC(=O)CCc1c(F)c(F)c(F)c(F)c1F. The van der Waals surface area contributed by atoms with E-state index in [2.05, 4.69) is 0 Å². The van der Waals surface area contributed by atoms with Crippen LogP contribution in [-0.2, 0) is 16.0 Å². The molecule has 0 atom stereocenters. The lowest BCUT2D eigenvalue weighted by molar-refractivity contribution is -0.144. The van der Waals surface area contributed by atoms with Gasteiger partial charge >= 0.3 is 5.97 Å². The van der Waals surface area contributed by atoms with Crippen molar-refractivity contribution in [2.45, 2.75) is 26.7 Å². The minimum Gasteiger partial charge on any atom is -0.465 e. The number of hydrogen-bond donors (Lipinski definition) is 0. The number of esters is 1. The second-order valence-electron chi connectivity index (χ2n) is 4.63. The third-order valence-corrected chi connectivity index (χ3v) is 2.46. The molecule has 0 aromatic heterocycles. The molecule has 1 aromatic rings. The normalized spacial score (nSPS) is 11.0. The second-order valence-corrected chi connectivity index (χ2v) is 4.63. The van der Waals surface area contributed by atoms with Crippen LogP contribution in [0, 0.1) is 35.0 Å². The van der Waals surface area contributed by atoms with Gasteiger partial charge in [-0.15, -0.1) is 0 Å². The van der Waals surface area contributed by atoms with Crippen molar-refractivity contribution < 1.29 is 31.5 Å². The van der Waals surface area contributed by atoms with Gasteiger partial charge in [0.1, 0.15) is 0 Å². The molecule has 0 amide bonds. The molecule has 0 aliphatic rings. The monoisotopic (exact) mass is 296 g/mol. The van der Waals surface area contributed by atoms with Gasteiger partial charge in [0.15, 0.2) is 23.3 Å². The summed E-state index contributed by atoms with van der Waals surface area (Å²) in [5, 5.41) is 0. The van der Waals surface area contributed by atoms with E-state index in [4.69, 9.17) is 4.74 Å². The molecule has 112 valence electrons. The molecule has 20 heavy (non-hydrogen) atoms. The van der Waals surface area contributed by atoms with E-state index in [0.29, 0.717) is 0 Å². The predicted octanol–water partition coefficient (Wildman–Crippen LogP) is 3.51. The molecule has 0 bridgehead atoms. The Morgan fingerprint density at radius 1 is 0.950 bits per heavy atom. The maximum atomic E-state index is 13.3. The van der Waals surface area contributed by atoms with Crippen molar-refractivity contribution >= 4 is 5.97 Å². The van der Waals surface area contributed by atoms with E-state index >= 15 is 0 Å². The maximum absolute atomic E-state index is 13.3. The van der Waals surface area contributed by atoms with Crippen molar-refractivity contribution in [2.24, 2.45) is 5.92 Å². The standard InChI is InChI=1S/C13H13F5O2/c1-6(2)5-20-8(19)4-3-7-9(14)11(16)13(18)12(17)10(7)15/h6H,3-5H2,1-2H3. The molecule has 0 radical (unpaired) electrons. The van der Waals surface area contributed by atoms with Gasteiger partial charge in [-0.05, 0) is 12.3 Å². The maximum Gasteiger partial charge on any atom is 0.306 e. The van der Waals surface area contributed by atoms with Crippen molar-refractivity contribution in [3.05, 3.63) is 34.6 Å². The Hall–Kier alpha value is -1.66. The third-order valence-electron chi connectivity index (χ3n) is 2.46. The molecule has 0 saturated heterocycles. The van der Waals surface area contributed by atoms with Crippen LogP contribution in [-0.4, -0.2) is 12.6 Å². The van der Waals surface area contributed by atoms with Crippen LogP contribution in [0.2, 0.25) is 0 Å². The average Bonchev–Trinajstić information content (AvgIpc) is 2.40. The van der Waals surface area contributed by atoms with Gasteiger partial charge in [0.25, 0.3) is 0 Å². The molecule has 1 rings (SSSR count). The summed E-state index contributed by atoms with van der Waals surface area (Å²) in [6, 6.07) is 0. The Balaban J connectivity index is 2.81. The van der Waals surface area contributed by atoms with E-state index in [9.17, 15) is 26.7 Å². The molecule has 0 fully saturated rings. The van der Waals surface area contributed by atoms with Crippen molar-refractivity contribution in [3.8, 4) is 0 Å². The minimum absolute atomic E-state index is 0.0770. The molecule has 0 aliphatic heterocycles. The zero-order valence-corrected chi connectivity index (χ0v) is 10.9. The van der Waals surface area contributed by atoms with Crippen LogP contribution < -0.4 is 0 Å². The molecule has 0 spiro atoms. The number of carbonyl (C=O) groups excluding carboxylic acids is 1. The van der Waals surface area contributed by atoms with E-state index in [0.717, 1.165) is 0 Å². The highest BCUT2D eigenvalue weighted by atomic mass is 19.2. The first kappa shape index (κ1) is 16.4. The Bertz CT molecular complexity index is 485. The second kappa shape index (κ2) is 6.67. The van der Waals surface area contributed by atoms with E-state index in [1.807, 2.05) is 0 Å². The largest absolute Gasteiger partial charge is 0.465 e. The van der Waals surface area contributed by atoms with Crippen LogP contribution in [0.1, 0.15) is 25.8 Å². The van der Waals surface area contributed by atoms with Crippen LogP contribution in [0.15, 0.2) is 0 Å². The first-order valence-corrected chi connectivity index (χ1v) is 5.91. The Labute approximate surface area is 112 Å². The Morgan fingerprint density at radius 3 is 1.85 bits per heavy atom. The van der Waals surface area contributed by atoms with Crippen LogP contribution in [0.4, 0.5) is 22.0 Å².